The molecule has 1 aliphatic carbocycles. The second-order valence-electron chi connectivity index (χ2n) is 5.24. The predicted molar refractivity (Wildman–Crippen MR) is 86.6 cm³/mol. The molecule has 102 valence electrons. The van der Waals surface area contributed by atoms with Crippen LogP contribution >= 0.6 is 23.2 Å². The van der Waals surface area contributed by atoms with Crippen LogP contribution in [0.25, 0.3) is 10.8 Å². The molecule has 0 spiro atoms. The van der Waals surface area contributed by atoms with Gasteiger partial charge in [0.2, 0.25) is 0 Å². The molecule has 21 heavy (non-hydrogen) atoms. The largest absolute Gasteiger partial charge is 0.289 e. The summed E-state index contributed by atoms with van der Waals surface area (Å²) in [6, 6.07) is 15.2. The average Bonchev–Trinajstić information content (AvgIpc) is 2.48. The fraction of sp³-hybridized carbons (Fsp3) is 0.0556. The Bertz CT molecular complexity index is 912. The van der Waals surface area contributed by atoms with Crippen LogP contribution in [0.2, 0.25) is 10.0 Å². The summed E-state index contributed by atoms with van der Waals surface area (Å²) in [6.45, 7) is 0. The Hall–Kier alpha value is -1.83. The minimum Gasteiger partial charge on any atom is -0.289 e. The number of carbonyl (C=O) groups excluding carboxylic acids is 1. The minimum atomic E-state index is 0.00690. The van der Waals surface area contributed by atoms with E-state index in [-0.39, 0.29) is 5.78 Å². The van der Waals surface area contributed by atoms with Crippen molar-refractivity contribution in [2.24, 2.45) is 0 Å². The van der Waals surface area contributed by atoms with Crippen LogP contribution in [0.3, 0.4) is 0 Å². The van der Waals surface area contributed by atoms with Gasteiger partial charge in [-0.2, -0.15) is 0 Å². The molecule has 4 rings (SSSR count). The highest BCUT2D eigenvalue weighted by Gasteiger charge is 2.27. The van der Waals surface area contributed by atoms with Crippen LogP contribution in [-0.2, 0) is 6.42 Å². The standard InChI is InChI=1S/C18H10Cl2O/c19-12-6-5-11-7-15-16(20)8-10-3-1-2-4-13(10)17(15)18(21)14(11)9-12/h1-6,8-9H,7H2. The van der Waals surface area contributed by atoms with Crippen molar-refractivity contribution in [2.45, 2.75) is 6.42 Å². The smallest absolute Gasteiger partial charge is 0.194 e. The fourth-order valence-electron chi connectivity index (χ4n) is 3.03. The van der Waals surface area contributed by atoms with E-state index < -0.39 is 0 Å². The van der Waals surface area contributed by atoms with Crippen LogP contribution in [-0.4, -0.2) is 5.78 Å². The number of rotatable bonds is 0. The molecule has 0 N–H and O–H groups in total. The molecule has 0 saturated carbocycles. The first-order chi connectivity index (χ1) is 10.1. The molecule has 0 aliphatic heterocycles. The Morgan fingerprint density at radius 2 is 1.76 bits per heavy atom. The first-order valence-corrected chi connectivity index (χ1v) is 7.44. The summed E-state index contributed by atoms with van der Waals surface area (Å²) in [5, 5.41) is 3.17. The highest BCUT2D eigenvalue weighted by molar-refractivity contribution is 6.35. The molecule has 0 aromatic heterocycles. The van der Waals surface area contributed by atoms with Crippen molar-refractivity contribution in [3.8, 4) is 0 Å². The number of ketones is 1. The van der Waals surface area contributed by atoms with Crippen molar-refractivity contribution in [2.75, 3.05) is 0 Å². The zero-order valence-electron chi connectivity index (χ0n) is 11.0. The lowest BCUT2D eigenvalue weighted by Crippen LogP contribution is -2.16. The van der Waals surface area contributed by atoms with Crippen molar-refractivity contribution in [3.05, 3.63) is 80.8 Å². The SMILES string of the molecule is O=C1c2cc(Cl)ccc2Cc2c(Cl)cc3ccccc3c21. The van der Waals surface area contributed by atoms with E-state index in [1.54, 1.807) is 6.07 Å². The van der Waals surface area contributed by atoms with Crippen molar-refractivity contribution in [1.82, 2.24) is 0 Å². The zero-order chi connectivity index (χ0) is 14.6. The lowest BCUT2D eigenvalue weighted by atomic mass is 9.82. The van der Waals surface area contributed by atoms with Crippen LogP contribution in [0.1, 0.15) is 27.0 Å². The van der Waals surface area contributed by atoms with E-state index in [0.717, 1.165) is 21.9 Å². The van der Waals surface area contributed by atoms with E-state index in [1.807, 2.05) is 42.5 Å². The predicted octanol–water partition coefficient (Wildman–Crippen LogP) is 5.28. The normalized spacial score (nSPS) is 13.1. The molecular weight excluding hydrogens is 303 g/mol. The lowest BCUT2D eigenvalue weighted by Gasteiger charge is -2.21. The molecule has 0 fully saturated rings. The van der Waals surface area contributed by atoms with E-state index in [9.17, 15) is 4.79 Å². The summed E-state index contributed by atoms with van der Waals surface area (Å²) in [6.07, 6.45) is 0.664. The number of hydrogen-bond donors (Lipinski definition) is 0. The average molecular weight is 313 g/mol. The Morgan fingerprint density at radius 1 is 0.952 bits per heavy atom. The maximum atomic E-state index is 12.9. The van der Waals surface area contributed by atoms with E-state index in [2.05, 4.69) is 0 Å². The third-order valence-electron chi connectivity index (χ3n) is 4.01. The summed E-state index contributed by atoms with van der Waals surface area (Å²) in [5.74, 6) is 0.00690. The summed E-state index contributed by atoms with van der Waals surface area (Å²) >= 11 is 12.4. The molecule has 0 heterocycles. The van der Waals surface area contributed by atoms with Gasteiger partial charge in [0.1, 0.15) is 0 Å². The van der Waals surface area contributed by atoms with Gasteiger partial charge in [-0.25, -0.2) is 0 Å². The van der Waals surface area contributed by atoms with Crippen molar-refractivity contribution in [1.29, 1.82) is 0 Å². The molecule has 0 unspecified atom stereocenters. The maximum Gasteiger partial charge on any atom is 0.194 e. The first kappa shape index (κ1) is 12.9. The van der Waals surface area contributed by atoms with Crippen LogP contribution in [0.5, 0.6) is 0 Å². The van der Waals surface area contributed by atoms with Crippen LogP contribution in [0, 0.1) is 0 Å². The van der Waals surface area contributed by atoms with Crippen LogP contribution in [0.4, 0.5) is 0 Å². The first-order valence-electron chi connectivity index (χ1n) is 6.68. The highest BCUT2D eigenvalue weighted by Crippen LogP contribution is 2.37. The second-order valence-corrected chi connectivity index (χ2v) is 6.08. The van der Waals surface area contributed by atoms with Gasteiger partial charge in [0.15, 0.2) is 5.78 Å². The van der Waals surface area contributed by atoms with E-state index in [0.29, 0.717) is 27.6 Å². The molecular formula is C18H10Cl2O. The Labute approximate surface area is 132 Å². The second kappa shape index (κ2) is 4.59. The number of carbonyl (C=O) groups is 1. The van der Waals surface area contributed by atoms with Gasteiger partial charge in [-0.05, 0) is 40.1 Å². The Balaban J connectivity index is 2.08. The number of halogens is 2. The lowest BCUT2D eigenvalue weighted by molar-refractivity contribution is 0.103. The Kier molecular flexibility index (Phi) is 2.81. The third kappa shape index (κ3) is 1.89. The van der Waals surface area contributed by atoms with Crippen molar-refractivity contribution >= 4 is 39.8 Å². The van der Waals surface area contributed by atoms with Crippen molar-refractivity contribution in [3.63, 3.8) is 0 Å². The quantitative estimate of drug-likeness (QED) is 0.431. The molecule has 3 heteroatoms. The monoisotopic (exact) mass is 312 g/mol. The van der Waals surface area contributed by atoms with Gasteiger partial charge < -0.3 is 0 Å². The molecule has 0 atom stereocenters. The topological polar surface area (TPSA) is 17.1 Å². The fourth-order valence-corrected chi connectivity index (χ4v) is 3.48. The van der Waals surface area contributed by atoms with Gasteiger partial charge in [0.25, 0.3) is 0 Å². The molecule has 0 amide bonds. The molecule has 3 aromatic rings. The summed E-state index contributed by atoms with van der Waals surface area (Å²) in [4.78, 5) is 12.9. The van der Waals surface area contributed by atoms with Gasteiger partial charge in [0.05, 0.1) is 0 Å². The van der Waals surface area contributed by atoms with E-state index in [4.69, 9.17) is 23.2 Å². The minimum absolute atomic E-state index is 0.00690. The van der Waals surface area contributed by atoms with Gasteiger partial charge >= 0.3 is 0 Å². The van der Waals surface area contributed by atoms with Gasteiger partial charge in [-0.15, -0.1) is 0 Å². The van der Waals surface area contributed by atoms with Gasteiger partial charge in [0, 0.05) is 27.6 Å². The van der Waals surface area contributed by atoms with Gasteiger partial charge in [-0.1, -0.05) is 53.5 Å². The zero-order valence-corrected chi connectivity index (χ0v) is 12.5. The van der Waals surface area contributed by atoms with Gasteiger partial charge in [-0.3, -0.25) is 4.79 Å². The number of hydrogen-bond acceptors (Lipinski definition) is 1. The highest BCUT2D eigenvalue weighted by atomic mass is 35.5. The number of fused-ring (bicyclic) bond motifs is 4. The Morgan fingerprint density at radius 3 is 2.62 bits per heavy atom. The van der Waals surface area contributed by atoms with E-state index in [1.165, 1.54) is 0 Å². The van der Waals surface area contributed by atoms with Crippen molar-refractivity contribution < 1.29 is 4.79 Å². The molecule has 0 bridgehead atoms. The summed E-state index contributed by atoms with van der Waals surface area (Å²) in [7, 11) is 0. The summed E-state index contributed by atoms with van der Waals surface area (Å²) in [5.41, 5.74) is 3.29. The molecule has 1 aliphatic rings. The third-order valence-corrected chi connectivity index (χ3v) is 4.59. The molecule has 1 nitrogen and oxygen atoms in total. The summed E-state index contributed by atoms with van der Waals surface area (Å²) < 4.78 is 0. The van der Waals surface area contributed by atoms with Crippen LogP contribution in [0.15, 0.2) is 48.5 Å². The molecule has 0 radical (unpaired) electrons. The van der Waals surface area contributed by atoms with E-state index >= 15 is 0 Å². The number of benzene rings is 3. The van der Waals surface area contributed by atoms with Crippen LogP contribution < -0.4 is 0 Å². The molecule has 0 saturated heterocycles. The maximum absolute atomic E-state index is 12.9. The molecule has 3 aromatic carbocycles.